The second-order valence-electron chi connectivity index (χ2n) is 8.02. The van der Waals surface area contributed by atoms with E-state index in [0.717, 1.165) is 25.1 Å². The summed E-state index contributed by atoms with van der Waals surface area (Å²) < 4.78 is 0. The summed E-state index contributed by atoms with van der Waals surface area (Å²) in [6.07, 6.45) is 8.36. The van der Waals surface area contributed by atoms with Crippen LogP contribution in [-0.2, 0) is 11.2 Å². The first-order valence-electron chi connectivity index (χ1n) is 10.1. The van der Waals surface area contributed by atoms with Gasteiger partial charge in [-0.1, -0.05) is 13.8 Å². The molecule has 2 aromatic heterocycles. The summed E-state index contributed by atoms with van der Waals surface area (Å²) in [5.41, 5.74) is 9.05. The first kappa shape index (κ1) is 20.9. The summed E-state index contributed by atoms with van der Waals surface area (Å²) in [4.78, 5) is 26.4. The van der Waals surface area contributed by atoms with Crippen molar-refractivity contribution in [1.82, 2.24) is 25.3 Å². The number of nitrogens with zero attached hydrogens (tertiary/aromatic N) is 4. The zero-order chi connectivity index (χ0) is 21.0. The maximum absolute atomic E-state index is 12.5. The number of aromatic amines is 1. The molecule has 7 nitrogen and oxygen atoms in total. The van der Waals surface area contributed by atoms with Gasteiger partial charge >= 0.3 is 0 Å². The zero-order valence-corrected chi connectivity index (χ0v) is 17.9. The summed E-state index contributed by atoms with van der Waals surface area (Å²) in [6, 6.07) is 1.76. The second kappa shape index (κ2) is 9.13. The minimum atomic E-state index is -0.215. The third kappa shape index (κ3) is 4.79. The van der Waals surface area contributed by atoms with Gasteiger partial charge in [0.1, 0.15) is 12.0 Å². The normalized spacial score (nSPS) is 15.5. The van der Waals surface area contributed by atoms with Gasteiger partial charge in [0.05, 0.1) is 11.3 Å². The van der Waals surface area contributed by atoms with Gasteiger partial charge in [-0.25, -0.2) is 15.4 Å². The van der Waals surface area contributed by atoms with Gasteiger partial charge in [-0.3, -0.25) is 4.79 Å². The van der Waals surface area contributed by atoms with E-state index in [1.54, 1.807) is 12.3 Å². The minimum Gasteiger partial charge on any atom is -0.359 e. The Balaban J connectivity index is 1.92. The molecule has 0 atom stereocenters. The molecule has 0 fully saturated rings. The van der Waals surface area contributed by atoms with E-state index >= 15 is 0 Å². The number of aromatic nitrogens is 3. The van der Waals surface area contributed by atoms with Gasteiger partial charge in [-0.05, 0) is 76.0 Å². The largest absolute Gasteiger partial charge is 0.359 e. The minimum absolute atomic E-state index is 0.215. The highest BCUT2D eigenvalue weighted by atomic mass is 16.2. The number of carbonyl (C=O) groups excluding carboxylic acids is 1. The first-order valence-corrected chi connectivity index (χ1v) is 10.1. The van der Waals surface area contributed by atoms with Gasteiger partial charge in [0.15, 0.2) is 0 Å². The van der Waals surface area contributed by atoms with Crippen LogP contribution in [0, 0.1) is 6.92 Å². The maximum Gasteiger partial charge on any atom is 0.273 e. The van der Waals surface area contributed by atoms with Gasteiger partial charge in [0.25, 0.3) is 5.91 Å². The highest BCUT2D eigenvalue weighted by Crippen LogP contribution is 2.30. The van der Waals surface area contributed by atoms with Crippen molar-refractivity contribution in [2.24, 2.45) is 5.10 Å². The Labute approximate surface area is 172 Å². The molecule has 3 rings (SSSR count). The molecule has 0 saturated carbocycles. The molecule has 0 bridgehead atoms. The van der Waals surface area contributed by atoms with Gasteiger partial charge in [-0.2, -0.15) is 5.10 Å². The van der Waals surface area contributed by atoms with Crippen LogP contribution in [0.15, 0.2) is 29.3 Å². The number of unbranched alkanes of at least 4 members (excludes halogenated alkanes) is 1. The molecule has 1 aliphatic rings. The number of rotatable bonds is 8. The molecular weight excluding hydrogens is 364 g/mol. The fourth-order valence-corrected chi connectivity index (χ4v) is 3.77. The van der Waals surface area contributed by atoms with Gasteiger partial charge < -0.3 is 9.88 Å². The quantitative estimate of drug-likeness (QED) is 0.532. The van der Waals surface area contributed by atoms with Crippen molar-refractivity contribution in [3.05, 3.63) is 52.4 Å². The molecule has 0 unspecified atom stereocenters. The predicted molar refractivity (Wildman–Crippen MR) is 116 cm³/mol. The lowest BCUT2D eigenvalue weighted by atomic mass is 9.93. The third-order valence-electron chi connectivity index (χ3n) is 5.13. The molecule has 2 N–H and O–H groups in total. The van der Waals surface area contributed by atoms with Crippen LogP contribution in [0.2, 0.25) is 0 Å². The van der Waals surface area contributed by atoms with Crippen LogP contribution in [0.1, 0.15) is 60.8 Å². The standard InChI is InChI=1S/C22H30N6O/c1-14(2)20-16(8-6-7-11-28(4)5)15(3)25-19(20)12-17-21(26-27-22(17)29)18-9-10-23-13-24-18/h9-10,12-14,25H,6-8,11H2,1-5H3,(H,27,29)/b17-12+. The topological polar surface area (TPSA) is 86.3 Å². The van der Waals surface area contributed by atoms with Crippen molar-refractivity contribution in [1.29, 1.82) is 0 Å². The van der Waals surface area contributed by atoms with E-state index in [1.807, 2.05) is 6.08 Å². The molecule has 0 radical (unpaired) electrons. The Morgan fingerprint density at radius 1 is 1.24 bits per heavy atom. The lowest BCUT2D eigenvalue weighted by Gasteiger charge is -2.12. The fourth-order valence-electron chi connectivity index (χ4n) is 3.77. The van der Waals surface area contributed by atoms with Crippen molar-refractivity contribution in [3.8, 4) is 0 Å². The van der Waals surface area contributed by atoms with E-state index < -0.39 is 0 Å². The Bertz CT molecular complexity index is 924. The first-order chi connectivity index (χ1) is 13.9. The number of hydrogen-bond acceptors (Lipinski definition) is 5. The number of H-pyrrole nitrogens is 1. The summed E-state index contributed by atoms with van der Waals surface area (Å²) in [7, 11) is 4.21. The van der Waals surface area contributed by atoms with Crippen LogP contribution in [0.4, 0.5) is 0 Å². The molecule has 0 aromatic carbocycles. The number of aryl methyl sites for hydroxylation is 1. The van der Waals surface area contributed by atoms with Crippen LogP contribution in [0.3, 0.4) is 0 Å². The molecule has 7 heteroatoms. The molecule has 29 heavy (non-hydrogen) atoms. The van der Waals surface area contributed by atoms with Crippen molar-refractivity contribution in [3.63, 3.8) is 0 Å². The Morgan fingerprint density at radius 3 is 2.69 bits per heavy atom. The van der Waals surface area contributed by atoms with E-state index in [2.05, 4.69) is 65.2 Å². The molecule has 3 heterocycles. The van der Waals surface area contributed by atoms with Gasteiger partial charge in [0, 0.05) is 17.6 Å². The molecule has 0 spiro atoms. The maximum atomic E-state index is 12.5. The highest BCUT2D eigenvalue weighted by Gasteiger charge is 2.26. The number of hydrogen-bond donors (Lipinski definition) is 2. The average Bonchev–Trinajstić information content (AvgIpc) is 3.19. The molecular formula is C22H30N6O. The van der Waals surface area contributed by atoms with E-state index in [1.165, 1.54) is 29.6 Å². The van der Waals surface area contributed by atoms with Crippen LogP contribution in [-0.4, -0.2) is 52.1 Å². The van der Waals surface area contributed by atoms with E-state index in [0.29, 0.717) is 22.9 Å². The van der Waals surface area contributed by atoms with Gasteiger partial charge in [0.2, 0.25) is 0 Å². The van der Waals surface area contributed by atoms with Crippen LogP contribution in [0.5, 0.6) is 0 Å². The number of hydrazone groups is 1. The summed E-state index contributed by atoms with van der Waals surface area (Å²) in [5, 5.41) is 4.19. The SMILES string of the molecule is Cc1[nH]c(/C=C2/C(=O)NN=C2c2ccncn2)c(C(C)C)c1CCCCN(C)C. The summed E-state index contributed by atoms with van der Waals surface area (Å²) >= 11 is 0. The number of amides is 1. The predicted octanol–water partition coefficient (Wildman–Crippen LogP) is 3.04. The van der Waals surface area contributed by atoms with E-state index in [4.69, 9.17) is 0 Å². The molecule has 1 amide bonds. The number of nitrogens with one attached hydrogen (secondary N) is 2. The molecule has 0 saturated heterocycles. The third-order valence-corrected chi connectivity index (χ3v) is 5.13. The van der Waals surface area contributed by atoms with E-state index in [-0.39, 0.29) is 5.91 Å². The lowest BCUT2D eigenvalue weighted by molar-refractivity contribution is -0.116. The van der Waals surface area contributed by atoms with Gasteiger partial charge in [-0.15, -0.1) is 0 Å². The van der Waals surface area contributed by atoms with E-state index in [9.17, 15) is 4.79 Å². The van der Waals surface area contributed by atoms with Crippen LogP contribution in [0.25, 0.3) is 6.08 Å². The van der Waals surface area contributed by atoms with Crippen LogP contribution < -0.4 is 5.43 Å². The van der Waals surface area contributed by atoms with Crippen molar-refractivity contribution in [2.45, 2.75) is 46.0 Å². The second-order valence-corrected chi connectivity index (χ2v) is 8.02. The smallest absolute Gasteiger partial charge is 0.273 e. The molecule has 0 aliphatic carbocycles. The number of carbonyl (C=O) groups is 1. The molecule has 2 aromatic rings. The highest BCUT2D eigenvalue weighted by molar-refractivity contribution is 6.32. The van der Waals surface area contributed by atoms with Crippen LogP contribution >= 0.6 is 0 Å². The summed E-state index contributed by atoms with van der Waals surface area (Å²) in [6.45, 7) is 7.60. The average molecular weight is 395 g/mol. The van der Waals surface area contributed by atoms with Crippen molar-refractivity contribution < 1.29 is 4.79 Å². The molecule has 154 valence electrons. The van der Waals surface area contributed by atoms with Crippen molar-refractivity contribution >= 4 is 17.7 Å². The lowest BCUT2D eigenvalue weighted by Crippen LogP contribution is -2.14. The Kier molecular flexibility index (Phi) is 6.59. The van der Waals surface area contributed by atoms with Crippen molar-refractivity contribution in [2.75, 3.05) is 20.6 Å². The Morgan fingerprint density at radius 2 is 2.03 bits per heavy atom. The summed E-state index contributed by atoms with van der Waals surface area (Å²) in [5.74, 6) is 0.132. The monoisotopic (exact) mass is 394 g/mol. The molecule has 1 aliphatic heterocycles. The fraction of sp³-hybridized carbons (Fsp3) is 0.455. The zero-order valence-electron chi connectivity index (χ0n) is 17.9. The Hall–Kier alpha value is -2.80.